The Morgan fingerprint density at radius 3 is 2.79 bits per heavy atom. The predicted octanol–water partition coefficient (Wildman–Crippen LogP) is 1.49. The summed E-state index contributed by atoms with van der Waals surface area (Å²) in [5, 5.41) is 9.62. The second kappa shape index (κ2) is 5.40. The third-order valence-electron chi connectivity index (χ3n) is 3.27. The number of nitrogens with zero attached hydrogens (tertiary/aromatic N) is 1. The molecular weight excluding hydrogens is 332 g/mol. The number of aryl methyl sites for hydroxylation is 1. The molecule has 0 saturated carbocycles. The van der Waals surface area contributed by atoms with Gasteiger partial charge in [-0.15, -0.1) is 0 Å². The molecule has 1 aromatic rings. The summed E-state index contributed by atoms with van der Waals surface area (Å²) in [5.41, 5.74) is 6.79. The van der Waals surface area contributed by atoms with Crippen LogP contribution >= 0.6 is 15.9 Å². The standard InChI is InChI=1S/C12H17BrN2O3S/c1-8-5-10(13)11(14)6-12(8)19(17,18)15-4-2-3-9(16)7-15/h5-6,9,16H,2-4,7,14H2,1H3. The molecule has 1 aliphatic heterocycles. The number of anilines is 1. The SMILES string of the molecule is Cc1cc(Br)c(N)cc1S(=O)(=O)N1CCCC(O)C1. The van der Waals surface area contributed by atoms with Crippen molar-refractivity contribution >= 4 is 31.6 Å². The zero-order valence-corrected chi connectivity index (χ0v) is 13.0. The van der Waals surface area contributed by atoms with Crippen molar-refractivity contribution < 1.29 is 13.5 Å². The topological polar surface area (TPSA) is 83.6 Å². The number of rotatable bonds is 2. The average Bonchev–Trinajstić information content (AvgIpc) is 2.33. The van der Waals surface area contributed by atoms with Gasteiger partial charge in [0.25, 0.3) is 0 Å². The Balaban J connectivity index is 2.42. The number of hydrogen-bond donors (Lipinski definition) is 2. The third kappa shape index (κ3) is 2.94. The van der Waals surface area contributed by atoms with E-state index in [1.165, 1.54) is 10.4 Å². The van der Waals surface area contributed by atoms with Crippen molar-refractivity contribution in [3.63, 3.8) is 0 Å². The number of aliphatic hydroxyl groups is 1. The summed E-state index contributed by atoms with van der Waals surface area (Å²) >= 11 is 3.28. The van der Waals surface area contributed by atoms with Crippen molar-refractivity contribution in [3.8, 4) is 0 Å². The first-order valence-electron chi connectivity index (χ1n) is 6.06. The lowest BCUT2D eigenvalue weighted by atomic mass is 10.1. The first-order valence-corrected chi connectivity index (χ1v) is 8.29. The largest absolute Gasteiger partial charge is 0.398 e. The molecule has 0 aromatic heterocycles. The van der Waals surface area contributed by atoms with Crippen LogP contribution in [0.15, 0.2) is 21.5 Å². The highest BCUT2D eigenvalue weighted by Crippen LogP contribution is 2.29. The maximum Gasteiger partial charge on any atom is 0.243 e. The summed E-state index contributed by atoms with van der Waals surface area (Å²) in [4.78, 5) is 0.210. The summed E-state index contributed by atoms with van der Waals surface area (Å²) in [7, 11) is -3.59. The number of nitrogen functional groups attached to an aromatic ring is 1. The molecule has 1 saturated heterocycles. The summed E-state index contributed by atoms with van der Waals surface area (Å²) in [6.45, 7) is 2.32. The van der Waals surface area contributed by atoms with Crippen LogP contribution < -0.4 is 5.73 Å². The quantitative estimate of drug-likeness (QED) is 0.793. The Kier molecular flexibility index (Phi) is 4.20. The first kappa shape index (κ1) is 14.8. The Labute approximate surface area is 121 Å². The molecule has 0 bridgehead atoms. The molecule has 1 heterocycles. The van der Waals surface area contributed by atoms with Gasteiger partial charge in [0.05, 0.1) is 11.0 Å². The lowest BCUT2D eigenvalue weighted by molar-refractivity contribution is 0.108. The molecule has 5 nitrogen and oxygen atoms in total. The van der Waals surface area contributed by atoms with Gasteiger partial charge in [-0.25, -0.2) is 8.42 Å². The van der Waals surface area contributed by atoms with Crippen LogP contribution in [0.4, 0.5) is 5.69 Å². The van der Waals surface area contributed by atoms with Gasteiger partial charge < -0.3 is 10.8 Å². The van der Waals surface area contributed by atoms with Gasteiger partial charge in [-0.05, 0) is 53.4 Å². The molecule has 0 radical (unpaired) electrons. The predicted molar refractivity (Wildman–Crippen MR) is 77.3 cm³/mol. The first-order chi connectivity index (χ1) is 8.82. The maximum absolute atomic E-state index is 12.6. The maximum atomic E-state index is 12.6. The van der Waals surface area contributed by atoms with E-state index in [1.807, 2.05) is 0 Å². The molecule has 2 rings (SSSR count). The summed E-state index contributed by atoms with van der Waals surface area (Å²) in [5.74, 6) is 0. The van der Waals surface area contributed by atoms with Gasteiger partial charge in [0, 0.05) is 23.2 Å². The lowest BCUT2D eigenvalue weighted by Gasteiger charge is -2.29. The summed E-state index contributed by atoms with van der Waals surface area (Å²) in [6.07, 6.45) is 0.732. The Morgan fingerprint density at radius 1 is 1.47 bits per heavy atom. The molecule has 106 valence electrons. The summed E-state index contributed by atoms with van der Waals surface area (Å²) in [6, 6.07) is 3.17. The fraction of sp³-hybridized carbons (Fsp3) is 0.500. The highest BCUT2D eigenvalue weighted by molar-refractivity contribution is 9.10. The Bertz CT molecular complexity index is 589. The van der Waals surface area contributed by atoms with Crippen LogP contribution in [0.25, 0.3) is 0 Å². The smallest absolute Gasteiger partial charge is 0.243 e. The Morgan fingerprint density at radius 2 is 2.16 bits per heavy atom. The minimum atomic E-state index is -3.59. The van der Waals surface area contributed by atoms with Crippen molar-refractivity contribution in [2.45, 2.75) is 30.8 Å². The van der Waals surface area contributed by atoms with Gasteiger partial charge in [-0.2, -0.15) is 4.31 Å². The van der Waals surface area contributed by atoms with E-state index in [0.717, 1.165) is 0 Å². The lowest BCUT2D eigenvalue weighted by Crippen LogP contribution is -2.42. The van der Waals surface area contributed by atoms with Gasteiger partial charge in [-0.3, -0.25) is 0 Å². The van der Waals surface area contributed by atoms with E-state index in [-0.39, 0.29) is 11.4 Å². The number of benzene rings is 1. The van der Waals surface area contributed by atoms with Gasteiger partial charge in [0.1, 0.15) is 0 Å². The van der Waals surface area contributed by atoms with E-state index in [4.69, 9.17) is 5.73 Å². The second-order valence-electron chi connectivity index (χ2n) is 4.80. The molecule has 7 heteroatoms. The molecule has 1 aliphatic rings. The average molecular weight is 349 g/mol. The van der Waals surface area contributed by atoms with Crippen LogP contribution in [0.5, 0.6) is 0 Å². The van der Waals surface area contributed by atoms with E-state index >= 15 is 0 Å². The number of hydrogen-bond acceptors (Lipinski definition) is 4. The molecule has 0 amide bonds. The van der Waals surface area contributed by atoms with Crippen molar-refractivity contribution in [3.05, 3.63) is 22.2 Å². The van der Waals surface area contributed by atoms with Crippen LogP contribution in [-0.4, -0.2) is 37.0 Å². The normalized spacial score (nSPS) is 21.5. The minimum Gasteiger partial charge on any atom is -0.398 e. The van der Waals surface area contributed by atoms with Crippen LogP contribution in [0.1, 0.15) is 18.4 Å². The van der Waals surface area contributed by atoms with E-state index in [1.54, 1.807) is 13.0 Å². The number of nitrogens with two attached hydrogens (primary N) is 1. The fourth-order valence-electron chi connectivity index (χ4n) is 2.22. The molecule has 1 atom stereocenters. The van der Waals surface area contributed by atoms with Crippen molar-refractivity contribution in [1.82, 2.24) is 4.31 Å². The van der Waals surface area contributed by atoms with Crippen LogP contribution in [0, 0.1) is 6.92 Å². The van der Waals surface area contributed by atoms with E-state index in [0.29, 0.717) is 35.1 Å². The van der Waals surface area contributed by atoms with E-state index in [9.17, 15) is 13.5 Å². The molecule has 19 heavy (non-hydrogen) atoms. The third-order valence-corrected chi connectivity index (χ3v) is 5.97. The Hall–Kier alpha value is -0.630. The summed E-state index contributed by atoms with van der Waals surface area (Å²) < 4.78 is 27.1. The van der Waals surface area contributed by atoms with Gasteiger partial charge in [0.2, 0.25) is 10.0 Å². The fourth-order valence-corrected chi connectivity index (χ4v) is 4.44. The zero-order chi connectivity index (χ0) is 14.2. The highest BCUT2D eigenvalue weighted by atomic mass is 79.9. The van der Waals surface area contributed by atoms with Gasteiger partial charge in [0.15, 0.2) is 0 Å². The van der Waals surface area contributed by atoms with E-state index in [2.05, 4.69) is 15.9 Å². The molecular formula is C12H17BrN2O3S. The van der Waals surface area contributed by atoms with Crippen molar-refractivity contribution in [2.24, 2.45) is 0 Å². The van der Waals surface area contributed by atoms with Gasteiger partial charge >= 0.3 is 0 Å². The van der Waals surface area contributed by atoms with Crippen LogP contribution in [0.2, 0.25) is 0 Å². The highest BCUT2D eigenvalue weighted by Gasteiger charge is 2.30. The number of halogens is 1. The second-order valence-corrected chi connectivity index (χ2v) is 7.56. The van der Waals surface area contributed by atoms with Crippen molar-refractivity contribution in [2.75, 3.05) is 18.8 Å². The molecule has 0 spiro atoms. The molecule has 3 N–H and O–H groups in total. The van der Waals surface area contributed by atoms with Gasteiger partial charge in [-0.1, -0.05) is 0 Å². The monoisotopic (exact) mass is 348 g/mol. The number of β-amino-alcohol motifs (C(OH)–C–C–N with tert-alkyl or cyclic N) is 1. The van der Waals surface area contributed by atoms with Crippen LogP contribution in [0.3, 0.4) is 0 Å². The zero-order valence-electron chi connectivity index (χ0n) is 10.6. The minimum absolute atomic E-state index is 0.151. The molecule has 1 fully saturated rings. The van der Waals surface area contributed by atoms with Crippen LogP contribution in [-0.2, 0) is 10.0 Å². The molecule has 0 aliphatic carbocycles. The number of sulfonamides is 1. The van der Waals surface area contributed by atoms with Crippen molar-refractivity contribution in [1.29, 1.82) is 0 Å². The van der Waals surface area contributed by atoms with E-state index < -0.39 is 16.1 Å². The molecule has 1 aromatic carbocycles. The molecule has 1 unspecified atom stereocenters. The number of aliphatic hydroxyl groups excluding tert-OH is 1. The number of piperidine rings is 1.